The molecule has 0 atom stereocenters. The van der Waals surface area contributed by atoms with Crippen LogP contribution in [0.4, 0.5) is 0 Å². The molecule has 0 aliphatic rings. The Kier molecular flexibility index (Phi) is 4.27. The summed E-state index contributed by atoms with van der Waals surface area (Å²) in [4.78, 5) is 13.9. The topological polar surface area (TPSA) is 53.8 Å². The SMILES string of the molecule is [NH-]C(=O)c1cccnc1.[Na+]. The number of carbonyl (C=O) groups is 1. The number of nitrogens with zero attached hydrogens (tertiary/aromatic N) is 1. The normalized spacial score (nSPS) is 8.00. The Morgan fingerprint density at radius 3 is 2.60 bits per heavy atom. The van der Waals surface area contributed by atoms with Crippen LogP contribution in [0.5, 0.6) is 0 Å². The van der Waals surface area contributed by atoms with Gasteiger partial charge in [-0.05, 0) is 12.1 Å². The maximum Gasteiger partial charge on any atom is 1.00 e. The van der Waals surface area contributed by atoms with Gasteiger partial charge < -0.3 is 10.5 Å². The average molecular weight is 144 g/mol. The molecule has 1 heterocycles. The second-order valence-electron chi connectivity index (χ2n) is 1.57. The molecule has 1 amide bonds. The molecule has 0 radical (unpaired) electrons. The van der Waals surface area contributed by atoms with E-state index in [2.05, 4.69) is 4.98 Å². The Bertz CT molecular complexity index is 212. The molecule has 10 heavy (non-hydrogen) atoms. The third-order valence-corrected chi connectivity index (χ3v) is 0.924. The zero-order valence-electron chi connectivity index (χ0n) is 5.66. The zero-order valence-corrected chi connectivity index (χ0v) is 7.66. The second kappa shape index (κ2) is 4.44. The van der Waals surface area contributed by atoms with Gasteiger partial charge in [-0.2, -0.15) is 0 Å². The van der Waals surface area contributed by atoms with Crippen molar-refractivity contribution in [3.8, 4) is 0 Å². The average Bonchev–Trinajstić information content (AvgIpc) is 1.90. The van der Waals surface area contributed by atoms with Crippen LogP contribution in [0, 0.1) is 0 Å². The van der Waals surface area contributed by atoms with Crippen LogP contribution in [0.3, 0.4) is 0 Å². The molecular formula is C6H5N2NaO. The van der Waals surface area contributed by atoms with Crippen LogP contribution in [-0.4, -0.2) is 10.9 Å². The van der Waals surface area contributed by atoms with Gasteiger partial charge in [-0.25, -0.2) is 0 Å². The number of amides is 1. The molecule has 3 nitrogen and oxygen atoms in total. The van der Waals surface area contributed by atoms with E-state index in [1.165, 1.54) is 6.20 Å². The Hall–Kier alpha value is -0.380. The van der Waals surface area contributed by atoms with E-state index in [-0.39, 0.29) is 29.6 Å². The standard InChI is InChI=1S/C6H6N2O.Na/c7-6(9)5-2-1-3-8-4-5;/h1-4H,(H2,7,9);/q;+1/p-1. The molecular weight excluding hydrogens is 139 g/mol. The fraction of sp³-hybridized carbons (Fsp3) is 0. The van der Waals surface area contributed by atoms with E-state index in [0.717, 1.165) is 0 Å². The molecule has 0 fully saturated rings. The minimum Gasteiger partial charge on any atom is -0.664 e. The number of hydrogen-bond acceptors (Lipinski definition) is 2. The molecule has 0 saturated heterocycles. The van der Waals surface area contributed by atoms with Crippen LogP contribution in [0.2, 0.25) is 0 Å². The Morgan fingerprint density at radius 1 is 1.60 bits per heavy atom. The predicted molar refractivity (Wildman–Crippen MR) is 32.9 cm³/mol. The number of carbonyl (C=O) groups excluding carboxylic acids is 1. The fourth-order valence-corrected chi connectivity index (χ4v) is 0.497. The van der Waals surface area contributed by atoms with Gasteiger partial charge in [0.05, 0.1) is 5.91 Å². The van der Waals surface area contributed by atoms with E-state index in [9.17, 15) is 4.79 Å². The maximum atomic E-state index is 10.3. The molecule has 0 saturated carbocycles. The summed E-state index contributed by atoms with van der Waals surface area (Å²) in [6.45, 7) is 0. The van der Waals surface area contributed by atoms with Crippen LogP contribution in [0.25, 0.3) is 5.73 Å². The first-order chi connectivity index (χ1) is 4.30. The number of pyridine rings is 1. The third-order valence-electron chi connectivity index (χ3n) is 0.924. The summed E-state index contributed by atoms with van der Waals surface area (Å²) in [6.07, 6.45) is 2.93. The molecule has 4 heteroatoms. The Labute approximate surface area is 80.9 Å². The summed E-state index contributed by atoms with van der Waals surface area (Å²) in [5.74, 6) is -0.692. The summed E-state index contributed by atoms with van der Waals surface area (Å²) < 4.78 is 0. The molecule has 0 spiro atoms. The van der Waals surface area contributed by atoms with Gasteiger partial charge in [0, 0.05) is 18.0 Å². The quantitative estimate of drug-likeness (QED) is 0.440. The Morgan fingerprint density at radius 2 is 2.30 bits per heavy atom. The van der Waals surface area contributed by atoms with Crippen molar-refractivity contribution in [1.82, 2.24) is 4.98 Å². The van der Waals surface area contributed by atoms with Gasteiger partial charge in [0.1, 0.15) is 0 Å². The van der Waals surface area contributed by atoms with Crippen molar-refractivity contribution in [2.75, 3.05) is 0 Å². The van der Waals surface area contributed by atoms with Crippen molar-refractivity contribution >= 4 is 5.91 Å². The molecule has 1 aromatic heterocycles. The van der Waals surface area contributed by atoms with Crippen LogP contribution in [0.15, 0.2) is 24.5 Å². The molecule has 0 aliphatic carbocycles. The smallest absolute Gasteiger partial charge is 0.664 e. The third kappa shape index (κ3) is 2.47. The van der Waals surface area contributed by atoms with Crippen molar-refractivity contribution in [3.05, 3.63) is 35.8 Å². The van der Waals surface area contributed by atoms with Crippen LogP contribution < -0.4 is 29.6 Å². The van der Waals surface area contributed by atoms with Gasteiger partial charge in [0.15, 0.2) is 0 Å². The largest absolute Gasteiger partial charge is 1.00 e. The molecule has 0 aliphatic heterocycles. The number of nitrogens with one attached hydrogen (secondary N) is 1. The minimum atomic E-state index is -0.692. The molecule has 1 N–H and O–H groups in total. The van der Waals surface area contributed by atoms with Crippen molar-refractivity contribution < 1.29 is 34.4 Å². The second-order valence-corrected chi connectivity index (χ2v) is 1.57. The summed E-state index contributed by atoms with van der Waals surface area (Å²) in [5, 5.41) is 0. The van der Waals surface area contributed by atoms with Crippen LogP contribution in [0.1, 0.15) is 10.4 Å². The van der Waals surface area contributed by atoms with Gasteiger partial charge in [0.25, 0.3) is 0 Å². The van der Waals surface area contributed by atoms with Crippen molar-refractivity contribution in [3.63, 3.8) is 0 Å². The van der Waals surface area contributed by atoms with E-state index < -0.39 is 5.91 Å². The first-order valence-electron chi connectivity index (χ1n) is 2.46. The van der Waals surface area contributed by atoms with Crippen LogP contribution in [-0.2, 0) is 0 Å². The van der Waals surface area contributed by atoms with E-state index in [0.29, 0.717) is 5.56 Å². The minimum absolute atomic E-state index is 0. The summed E-state index contributed by atoms with van der Waals surface area (Å²) >= 11 is 0. The first-order valence-corrected chi connectivity index (χ1v) is 2.46. The number of aromatic nitrogens is 1. The van der Waals surface area contributed by atoms with Gasteiger partial charge in [0.2, 0.25) is 0 Å². The van der Waals surface area contributed by atoms with Crippen molar-refractivity contribution in [2.45, 2.75) is 0 Å². The van der Waals surface area contributed by atoms with Gasteiger partial charge in [-0.3, -0.25) is 4.98 Å². The van der Waals surface area contributed by atoms with Gasteiger partial charge >= 0.3 is 29.6 Å². The van der Waals surface area contributed by atoms with E-state index in [1.807, 2.05) is 0 Å². The molecule has 1 rings (SSSR count). The van der Waals surface area contributed by atoms with E-state index in [4.69, 9.17) is 5.73 Å². The molecule has 1 aromatic rings. The molecule has 0 aromatic carbocycles. The van der Waals surface area contributed by atoms with E-state index >= 15 is 0 Å². The van der Waals surface area contributed by atoms with Crippen molar-refractivity contribution in [1.29, 1.82) is 0 Å². The number of rotatable bonds is 1. The Balaban J connectivity index is 0.000000810. The van der Waals surface area contributed by atoms with Crippen LogP contribution >= 0.6 is 0 Å². The molecule has 0 unspecified atom stereocenters. The fourth-order valence-electron chi connectivity index (χ4n) is 0.497. The predicted octanol–water partition coefficient (Wildman–Crippen LogP) is -1.72. The molecule has 46 valence electrons. The van der Waals surface area contributed by atoms with Crippen molar-refractivity contribution in [2.24, 2.45) is 0 Å². The van der Waals surface area contributed by atoms with Gasteiger partial charge in [-0.15, -0.1) is 0 Å². The number of hydrogen-bond donors (Lipinski definition) is 0. The first kappa shape index (κ1) is 9.62. The molecule has 0 bridgehead atoms. The zero-order chi connectivity index (χ0) is 6.69. The maximum absolute atomic E-state index is 10.3. The van der Waals surface area contributed by atoms with E-state index in [1.54, 1.807) is 18.3 Å². The summed E-state index contributed by atoms with van der Waals surface area (Å²) in [7, 11) is 0. The summed E-state index contributed by atoms with van der Waals surface area (Å²) in [5.41, 5.74) is 6.97. The monoisotopic (exact) mass is 144 g/mol. The van der Waals surface area contributed by atoms with Gasteiger partial charge in [-0.1, -0.05) is 0 Å². The summed E-state index contributed by atoms with van der Waals surface area (Å²) in [6, 6.07) is 3.18.